The molecule has 31 heavy (non-hydrogen) atoms. The molecule has 0 spiro atoms. The van der Waals surface area contributed by atoms with Crippen LogP contribution in [0.4, 0.5) is 0 Å². The van der Waals surface area contributed by atoms with E-state index < -0.39 is 5.97 Å². The molecule has 0 saturated heterocycles. The number of rotatable bonds is 5. The number of ketones is 1. The lowest BCUT2D eigenvalue weighted by molar-refractivity contribution is 0.0734. The van der Waals surface area contributed by atoms with E-state index in [1.165, 1.54) is 5.56 Å². The molecule has 156 valence electrons. The Morgan fingerprint density at radius 1 is 0.935 bits per heavy atom. The molecule has 1 heterocycles. The molecule has 0 N–H and O–H groups in total. The van der Waals surface area contributed by atoms with Gasteiger partial charge in [0.05, 0.1) is 18.2 Å². The van der Waals surface area contributed by atoms with Gasteiger partial charge in [-0.15, -0.1) is 0 Å². The Balaban J connectivity index is 1.50. The number of hydrogen-bond donors (Lipinski definition) is 0. The summed E-state index contributed by atoms with van der Waals surface area (Å²) in [5, 5.41) is 0. The average molecular weight is 414 g/mol. The third-order valence-electron chi connectivity index (χ3n) is 5.08. The van der Waals surface area contributed by atoms with Gasteiger partial charge >= 0.3 is 5.97 Å². The van der Waals surface area contributed by atoms with Gasteiger partial charge in [0.1, 0.15) is 17.2 Å². The van der Waals surface area contributed by atoms with E-state index in [2.05, 4.69) is 13.8 Å². The topological polar surface area (TPSA) is 61.8 Å². The number of ether oxygens (including phenoxy) is 3. The first kappa shape index (κ1) is 20.4. The molecule has 0 amide bonds. The van der Waals surface area contributed by atoms with E-state index in [4.69, 9.17) is 14.2 Å². The number of Topliss-reactive ketones (excluding diaryl/α,β-unsaturated/α-hetero) is 1. The molecule has 1 aliphatic rings. The second-order valence-electron chi connectivity index (χ2n) is 7.54. The van der Waals surface area contributed by atoms with Crippen molar-refractivity contribution in [3.8, 4) is 17.2 Å². The first-order valence-corrected chi connectivity index (χ1v) is 9.99. The van der Waals surface area contributed by atoms with Crippen LogP contribution in [0.5, 0.6) is 17.2 Å². The number of benzene rings is 3. The van der Waals surface area contributed by atoms with Crippen LogP contribution in [0.2, 0.25) is 0 Å². The van der Waals surface area contributed by atoms with Gasteiger partial charge in [0.15, 0.2) is 5.76 Å². The number of fused-ring (bicyclic) bond motifs is 1. The molecule has 5 nitrogen and oxygen atoms in total. The zero-order valence-corrected chi connectivity index (χ0v) is 17.5. The SMILES string of the molecule is COc1ccc(C(=O)Oc2ccc3c(c2)O/C(=C\c2ccc(C(C)C)cc2)C3=O)cc1. The van der Waals surface area contributed by atoms with E-state index in [0.717, 1.165) is 5.56 Å². The third kappa shape index (κ3) is 4.36. The highest BCUT2D eigenvalue weighted by atomic mass is 16.5. The Morgan fingerprint density at radius 2 is 1.61 bits per heavy atom. The molecule has 3 aromatic carbocycles. The molecule has 0 saturated carbocycles. The number of esters is 1. The summed E-state index contributed by atoms with van der Waals surface area (Å²) in [6, 6.07) is 19.4. The first-order chi connectivity index (χ1) is 14.9. The Morgan fingerprint density at radius 3 is 2.26 bits per heavy atom. The molecule has 4 rings (SSSR count). The van der Waals surface area contributed by atoms with Gasteiger partial charge in [-0.1, -0.05) is 38.1 Å². The fourth-order valence-corrected chi connectivity index (χ4v) is 3.25. The lowest BCUT2D eigenvalue weighted by atomic mass is 10.0. The van der Waals surface area contributed by atoms with Crippen LogP contribution >= 0.6 is 0 Å². The molecule has 0 fully saturated rings. The van der Waals surface area contributed by atoms with E-state index >= 15 is 0 Å². The van der Waals surface area contributed by atoms with E-state index in [0.29, 0.717) is 34.3 Å². The van der Waals surface area contributed by atoms with Crippen LogP contribution < -0.4 is 14.2 Å². The van der Waals surface area contributed by atoms with Gasteiger partial charge < -0.3 is 14.2 Å². The lowest BCUT2D eigenvalue weighted by Crippen LogP contribution is -2.08. The van der Waals surface area contributed by atoms with Gasteiger partial charge in [0, 0.05) is 6.07 Å². The molecule has 0 aliphatic carbocycles. The maximum atomic E-state index is 12.7. The van der Waals surface area contributed by atoms with Crippen LogP contribution in [-0.2, 0) is 0 Å². The van der Waals surface area contributed by atoms with Crippen molar-refractivity contribution < 1.29 is 23.8 Å². The molecule has 0 aromatic heterocycles. The van der Waals surface area contributed by atoms with Crippen LogP contribution in [0.25, 0.3) is 6.08 Å². The van der Waals surface area contributed by atoms with Crippen molar-refractivity contribution in [3.63, 3.8) is 0 Å². The van der Waals surface area contributed by atoms with Gasteiger partial charge in [-0.3, -0.25) is 4.79 Å². The Labute approximate surface area is 180 Å². The number of hydrogen-bond acceptors (Lipinski definition) is 5. The number of carbonyl (C=O) groups is 2. The minimum Gasteiger partial charge on any atom is -0.497 e. The van der Waals surface area contributed by atoms with Crippen molar-refractivity contribution in [2.45, 2.75) is 19.8 Å². The van der Waals surface area contributed by atoms with Crippen LogP contribution in [0.3, 0.4) is 0 Å². The van der Waals surface area contributed by atoms with Crippen molar-refractivity contribution in [2.24, 2.45) is 0 Å². The van der Waals surface area contributed by atoms with Crippen LogP contribution in [0.1, 0.15) is 51.6 Å². The van der Waals surface area contributed by atoms with E-state index in [9.17, 15) is 9.59 Å². The molecule has 0 radical (unpaired) electrons. The number of carbonyl (C=O) groups excluding carboxylic acids is 2. The highest BCUT2D eigenvalue weighted by molar-refractivity contribution is 6.14. The second-order valence-corrected chi connectivity index (χ2v) is 7.54. The molecular formula is C26H22O5. The fraction of sp³-hybridized carbons (Fsp3) is 0.154. The summed E-state index contributed by atoms with van der Waals surface area (Å²) in [6.07, 6.45) is 1.72. The van der Waals surface area contributed by atoms with Gasteiger partial charge in [-0.2, -0.15) is 0 Å². The summed E-state index contributed by atoms with van der Waals surface area (Å²) in [7, 11) is 1.56. The standard InChI is InChI=1S/C26H22O5/c1-16(2)18-6-4-17(5-7-18)14-24-25(27)22-13-12-21(15-23(22)31-24)30-26(28)19-8-10-20(29-3)11-9-19/h4-16H,1-3H3/b24-14-. The summed E-state index contributed by atoms with van der Waals surface area (Å²) in [4.78, 5) is 25.1. The second kappa shape index (κ2) is 8.48. The Kier molecular flexibility index (Phi) is 5.58. The van der Waals surface area contributed by atoms with Crippen molar-refractivity contribution >= 4 is 17.8 Å². The van der Waals surface area contributed by atoms with E-state index in [-0.39, 0.29) is 11.5 Å². The largest absolute Gasteiger partial charge is 0.497 e. The first-order valence-electron chi connectivity index (χ1n) is 9.99. The summed E-state index contributed by atoms with van der Waals surface area (Å²) in [5.41, 5.74) is 2.94. The summed E-state index contributed by atoms with van der Waals surface area (Å²) >= 11 is 0. The molecule has 0 atom stereocenters. The highest BCUT2D eigenvalue weighted by Crippen LogP contribution is 2.35. The Hall–Kier alpha value is -3.86. The van der Waals surface area contributed by atoms with Crippen LogP contribution in [-0.4, -0.2) is 18.9 Å². The predicted molar refractivity (Wildman–Crippen MR) is 118 cm³/mol. The predicted octanol–water partition coefficient (Wildman–Crippen LogP) is 5.65. The zero-order chi connectivity index (χ0) is 22.0. The number of allylic oxidation sites excluding steroid dienone is 1. The lowest BCUT2D eigenvalue weighted by Gasteiger charge is -2.06. The Bertz CT molecular complexity index is 1160. The van der Waals surface area contributed by atoms with E-state index in [1.807, 2.05) is 24.3 Å². The minimum absolute atomic E-state index is 0.198. The van der Waals surface area contributed by atoms with Crippen molar-refractivity contribution in [2.75, 3.05) is 7.11 Å². The van der Waals surface area contributed by atoms with Gasteiger partial charge in [0.2, 0.25) is 5.78 Å². The molecule has 3 aromatic rings. The fourth-order valence-electron chi connectivity index (χ4n) is 3.25. The monoisotopic (exact) mass is 414 g/mol. The highest BCUT2D eigenvalue weighted by Gasteiger charge is 2.28. The van der Waals surface area contributed by atoms with Crippen molar-refractivity contribution in [3.05, 3.63) is 94.7 Å². The van der Waals surface area contributed by atoms with Gasteiger partial charge in [0.25, 0.3) is 0 Å². The zero-order valence-electron chi connectivity index (χ0n) is 17.5. The smallest absolute Gasteiger partial charge is 0.343 e. The molecule has 5 heteroatoms. The maximum absolute atomic E-state index is 12.7. The summed E-state index contributed by atoms with van der Waals surface area (Å²) < 4.78 is 16.3. The van der Waals surface area contributed by atoms with Crippen molar-refractivity contribution in [1.82, 2.24) is 0 Å². The molecule has 0 unspecified atom stereocenters. The maximum Gasteiger partial charge on any atom is 0.343 e. The quantitative estimate of drug-likeness (QED) is 0.307. The van der Waals surface area contributed by atoms with Crippen LogP contribution in [0, 0.1) is 0 Å². The normalized spacial score (nSPS) is 13.8. The molecular weight excluding hydrogens is 392 g/mol. The van der Waals surface area contributed by atoms with E-state index in [1.54, 1.807) is 55.7 Å². The molecule has 1 aliphatic heterocycles. The summed E-state index contributed by atoms with van der Waals surface area (Å²) in [6.45, 7) is 4.26. The molecule has 0 bridgehead atoms. The van der Waals surface area contributed by atoms with Crippen molar-refractivity contribution in [1.29, 1.82) is 0 Å². The summed E-state index contributed by atoms with van der Waals surface area (Å²) in [5.74, 6) is 1.30. The average Bonchev–Trinajstić information content (AvgIpc) is 3.08. The van der Waals surface area contributed by atoms with Gasteiger partial charge in [-0.05, 0) is 59.5 Å². The minimum atomic E-state index is -0.507. The third-order valence-corrected chi connectivity index (χ3v) is 5.08. The van der Waals surface area contributed by atoms with Gasteiger partial charge in [-0.25, -0.2) is 4.79 Å². The van der Waals surface area contributed by atoms with Crippen LogP contribution in [0.15, 0.2) is 72.5 Å². The number of methoxy groups -OCH3 is 1.